The average molecular weight is 430 g/mol. The second-order valence-corrected chi connectivity index (χ2v) is 6.89. The van der Waals surface area contributed by atoms with E-state index in [0.29, 0.717) is 5.56 Å². The van der Waals surface area contributed by atoms with Gasteiger partial charge in [-0.15, -0.1) is 0 Å². The molecule has 0 radical (unpaired) electrons. The van der Waals surface area contributed by atoms with Crippen molar-refractivity contribution < 1.29 is 14.7 Å². The Labute approximate surface area is 177 Å². The Kier molecular flexibility index (Phi) is 6.80. The van der Waals surface area contributed by atoms with Crippen molar-refractivity contribution in [3.8, 4) is 0 Å². The molecule has 0 saturated carbocycles. The van der Waals surface area contributed by atoms with Gasteiger partial charge in [0.15, 0.2) is 0 Å². The van der Waals surface area contributed by atoms with Crippen molar-refractivity contribution in [2.45, 2.75) is 12.8 Å². The maximum atomic E-state index is 12.6. The van der Waals surface area contributed by atoms with Crippen molar-refractivity contribution in [3.63, 3.8) is 0 Å². The van der Waals surface area contributed by atoms with Gasteiger partial charge >= 0.3 is 5.97 Å². The molecule has 148 valence electrons. The zero-order chi connectivity index (χ0) is 20.8. The van der Waals surface area contributed by atoms with E-state index in [0.717, 1.165) is 25.1 Å². The van der Waals surface area contributed by atoms with Gasteiger partial charge in [0.2, 0.25) is 0 Å². The van der Waals surface area contributed by atoms with E-state index in [1.54, 1.807) is 23.2 Å². The van der Waals surface area contributed by atoms with Crippen LogP contribution in [0.2, 0.25) is 10.3 Å². The van der Waals surface area contributed by atoms with Crippen LogP contribution in [0.25, 0.3) is 0 Å². The summed E-state index contributed by atoms with van der Waals surface area (Å²) in [6.07, 6.45) is 5.01. The van der Waals surface area contributed by atoms with Gasteiger partial charge in [-0.2, -0.15) is 0 Å². The number of aryl methyl sites for hydroxylation is 1. The maximum Gasteiger partial charge on any atom is 0.338 e. The summed E-state index contributed by atoms with van der Waals surface area (Å²) in [5.41, 5.74) is 2.69. The molecule has 8 heteroatoms. The molecular formula is C21H17Cl2N3O3. The van der Waals surface area contributed by atoms with Crippen LogP contribution in [0, 0.1) is 0 Å². The first-order chi connectivity index (χ1) is 14.0. The molecule has 0 aliphatic carbocycles. The van der Waals surface area contributed by atoms with Crippen LogP contribution in [0.15, 0.2) is 60.9 Å². The summed E-state index contributed by atoms with van der Waals surface area (Å²) in [6.45, 7) is 0.723. The number of fused-ring (bicyclic) bond motifs is 1. The number of nitrogens with zero attached hydrogens (tertiary/aromatic N) is 3. The van der Waals surface area contributed by atoms with Crippen molar-refractivity contribution in [2.75, 3.05) is 11.4 Å². The van der Waals surface area contributed by atoms with E-state index in [-0.39, 0.29) is 21.8 Å². The number of benzene rings is 1. The number of aromatic nitrogens is 2. The number of rotatable bonds is 2. The van der Waals surface area contributed by atoms with Gasteiger partial charge < -0.3 is 10.0 Å². The normalized spacial score (nSPS) is 12.4. The Morgan fingerprint density at radius 1 is 0.897 bits per heavy atom. The third kappa shape index (κ3) is 4.91. The maximum absolute atomic E-state index is 12.6. The number of carbonyl (C=O) groups excluding carboxylic acids is 1. The molecule has 6 nitrogen and oxygen atoms in total. The molecule has 0 fully saturated rings. The van der Waals surface area contributed by atoms with Crippen LogP contribution in [0.5, 0.6) is 0 Å². The van der Waals surface area contributed by atoms with Crippen LogP contribution in [-0.2, 0) is 6.42 Å². The fourth-order valence-corrected chi connectivity index (χ4v) is 3.38. The molecule has 0 bridgehead atoms. The highest BCUT2D eigenvalue weighted by atomic mass is 35.5. The minimum Gasteiger partial charge on any atom is -0.478 e. The first-order valence-corrected chi connectivity index (χ1v) is 9.58. The number of pyridine rings is 2. The van der Waals surface area contributed by atoms with E-state index in [9.17, 15) is 9.59 Å². The number of carboxylic acids is 1. The van der Waals surface area contributed by atoms with Crippen molar-refractivity contribution >= 4 is 40.8 Å². The third-order valence-electron chi connectivity index (χ3n) is 4.33. The number of hydrogen-bond donors (Lipinski definition) is 1. The van der Waals surface area contributed by atoms with Gasteiger partial charge in [0.05, 0.1) is 11.1 Å². The van der Waals surface area contributed by atoms with Crippen LogP contribution >= 0.6 is 23.2 Å². The topological polar surface area (TPSA) is 83.4 Å². The first-order valence-electron chi connectivity index (χ1n) is 8.83. The monoisotopic (exact) mass is 429 g/mol. The Hall–Kier alpha value is -2.96. The predicted molar refractivity (Wildman–Crippen MR) is 112 cm³/mol. The van der Waals surface area contributed by atoms with Gasteiger partial charge in [-0.25, -0.2) is 14.8 Å². The Morgan fingerprint density at radius 2 is 1.52 bits per heavy atom. The van der Waals surface area contributed by atoms with Gasteiger partial charge in [0.25, 0.3) is 5.91 Å². The molecule has 1 aliphatic rings. The quantitative estimate of drug-likeness (QED) is 0.593. The summed E-state index contributed by atoms with van der Waals surface area (Å²) in [5, 5.41) is 8.72. The van der Waals surface area contributed by atoms with E-state index >= 15 is 0 Å². The number of hydrogen-bond acceptors (Lipinski definition) is 4. The molecule has 0 unspecified atom stereocenters. The highest BCUT2D eigenvalue weighted by Gasteiger charge is 2.24. The molecule has 2 aromatic heterocycles. The second kappa shape index (κ2) is 9.49. The minimum absolute atomic E-state index is 0.0231. The SMILES string of the molecule is O=C(O)c1cccnc1Cl.O=C(c1cccnc1Cl)N1CCCc2ccccc21. The lowest BCUT2D eigenvalue weighted by atomic mass is 10.0. The molecule has 4 rings (SSSR count). The van der Waals surface area contributed by atoms with Crippen molar-refractivity contribution in [3.05, 3.63) is 87.9 Å². The van der Waals surface area contributed by atoms with Gasteiger partial charge in [0, 0.05) is 24.6 Å². The minimum atomic E-state index is -1.06. The smallest absolute Gasteiger partial charge is 0.338 e. The molecule has 0 atom stereocenters. The van der Waals surface area contributed by atoms with E-state index < -0.39 is 5.97 Å². The summed E-state index contributed by atoms with van der Waals surface area (Å²) in [4.78, 5) is 32.2. The van der Waals surface area contributed by atoms with Gasteiger partial charge in [0.1, 0.15) is 10.3 Å². The van der Waals surface area contributed by atoms with E-state index in [1.807, 2.05) is 18.2 Å². The van der Waals surface area contributed by atoms with Gasteiger partial charge in [-0.3, -0.25) is 4.79 Å². The van der Waals surface area contributed by atoms with E-state index in [1.165, 1.54) is 23.9 Å². The Bertz CT molecular complexity index is 1040. The predicted octanol–water partition coefficient (Wildman–Crippen LogP) is 4.76. The lowest BCUT2D eigenvalue weighted by Crippen LogP contribution is -2.35. The molecule has 1 aromatic carbocycles. The number of carboxylic acid groups (broad SMARTS) is 1. The van der Waals surface area contributed by atoms with Crippen LogP contribution < -0.4 is 4.90 Å². The fourth-order valence-electron chi connectivity index (χ4n) is 2.98. The molecule has 0 saturated heterocycles. The number of aromatic carboxylic acids is 1. The molecular weight excluding hydrogens is 413 g/mol. The van der Waals surface area contributed by atoms with Crippen LogP contribution in [0.4, 0.5) is 5.69 Å². The fraction of sp³-hybridized carbons (Fsp3) is 0.143. The van der Waals surface area contributed by atoms with Crippen molar-refractivity contribution in [1.29, 1.82) is 0 Å². The summed E-state index contributed by atoms with van der Waals surface area (Å²) in [5.74, 6) is -1.14. The standard InChI is InChI=1S/C15H13ClN2O.C6H4ClNO2/c16-14-12(7-3-9-17-14)15(19)18-10-4-6-11-5-1-2-8-13(11)18;7-5-4(6(9)10)2-1-3-8-5/h1-3,5,7-9H,4,6,10H2;1-3H,(H,9,10). The van der Waals surface area contributed by atoms with Gasteiger partial charge in [-0.05, 0) is 48.7 Å². The zero-order valence-electron chi connectivity index (χ0n) is 15.3. The molecule has 3 heterocycles. The number of anilines is 1. The Balaban J connectivity index is 0.000000204. The largest absolute Gasteiger partial charge is 0.478 e. The number of halogens is 2. The van der Waals surface area contributed by atoms with Crippen LogP contribution in [0.1, 0.15) is 32.7 Å². The number of amides is 1. The molecule has 0 spiro atoms. The lowest BCUT2D eigenvalue weighted by Gasteiger charge is -2.29. The van der Waals surface area contributed by atoms with Crippen molar-refractivity contribution in [1.82, 2.24) is 9.97 Å². The summed E-state index contributed by atoms with van der Waals surface area (Å²) in [6, 6.07) is 14.4. The van der Waals surface area contributed by atoms with E-state index in [2.05, 4.69) is 16.0 Å². The number of para-hydroxylation sites is 1. The third-order valence-corrected chi connectivity index (χ3v) is 4.94. The number of carbonyl (C=O) groups is 2. The Morgan fingerprint density at radius 3 is 2.10 bits per heavy atom. The molecule has 3 aromatic rings. The van der Waals surface area contributed by atoms with Crippen molar-refractivity contribution in [2.24, 2.45) is 0 Å². The molecule has 1 aliphatic heterocycles. The van der Waals surface area contributed by atoms with Crippen LogP contribution in [0.3, 0.4) is 0 Å². The summed E-state index contributed by atoms with van der Waals surface area (Å²) < 4.78 is 0. The second-order valence-electron chi connectivity index (χ2n) is 6.18. The summed E-state index contributed by atoms with van der Waals surface area (Å²) >= 11 is 11.4. The highest BCUT2D eigenvalue weighted by molar-refractivity contribution is 6.33. The average Bonchev–Trinajstić information content (AvgIpc) is 2.74. The lowest BCUT2D eigenvalue weighted by molar-refractivity contribution is 0.0696. The molecule has 29 heavy (non-hydrogen) atoms. The summed E-state index contributed by atoms with van der Waals surface area (Å²) in [7, 11) is 0. The first kappa shape index (κ1) is 20.8. The highest BCUT2D eigenvalue weighted by Crippen LogP contribution is 2.29. The zero-order valence-corrected chi connectivity index (χ0v) is 16.8. The van der Waals surface area contributed by atoms with E-state index in [4.69, 9.17) is 28.3 Å². The molecule has 1 amide bonds. The van der Waals surface area contributed by atoms with Crippen LogP contribution in [-0.4, -0.2) is 33.5 Å². The molecule has 1 N–H and O–H groups in total. The van der Waals surface area contributed by atoms with Gasteiger partial charge in [-0.1, -0.05) is 41.4 Å².